The third-order valence-corrected chi connectivity index (χ3v) is 4.34. The fourth-order valence-electron chi connectivity index (χ4n) is 2.90. The summed E-state index contributed by atoms with van der Waals surface area (Å²) in [6, 6.07) is 3.09. The second kappa shape index (κ2) is 6.15. The van der Waals surface area contributed by atoms with Crippen LogP contribution in [0.25, 0.3) is 11.0 Å². The van der Waals surface area contributed by atoms with Gasteiger partial charge >= 0.3 is 0 Å². The first-order valence-corrected chi connectivity index (χ1v) is 7.67. The summed E-state index contributed by atoms with van der Waals surface area (Å²) in [7, 11) is 1.46. The van der Waals surface area contributed by atoms with E-state index in [0.717, 1.165) is 18.4 Å². The summed E-state index contributed by atoms with van der Waals surface area (Å²) in [5, 5.41) is 0. The van der Waals surface area contributed by atoms with Crippen molar-refractivity contribution in [2.75, 3.05) is 13.7 Å². The van der Waals surface area contributed by atoms with Crippen LogP contribution >= 0.6 is 12.2 Å². The van der Waals surface area contributed by atoms with Gasteiger partial charge in [-0.05, 0) is 25.1 Å². The van der Waals surface area contributed by atoms with Gasteiger partial charge in [-0.15, -0.1) is 0 Å². The standard InChI is InChI=1S/C15H19FN2O2S/c1-19-14-9-13-12(8-11(14)16)17-15(21)18(13)6-7-20-10-4-2-3-5-10/h8-10H,2-7H2,1H3,(H,17,21). The van der Waals surface area contributed by atoms with Crippen LogP contribution in [-0.2, 0) is 11.3 Å². The molecule has 2 aromatic rings. The summed E-state index contributed by atoms with van der Waals surface area (Å²) >= 11 is 5.31. The number of fused-ring (bicyclic) bond motifs is 1. The maximum Gasteiger partial charge on any atom is 0.178 e. The van der Waals surface area contributed by atoms with Gasteiger partial charge in [-0.25, -0.2) is 4.39 Å². The number of rotatable bonds is 5. The van der Waals surface area contributed by atoms with Crippen LogP contribution < -0.4 is 4.74 Å². The van der Waals surface area contributed by atoms with Gasteiger partial charge in [-0.1, -0.05) is 12.8 Å². The quantitative estimate of drug-likeness (QED) is 0.854. The Labute approximate surface area is 127 Å². The third-order valence-electron chi connectivity index (χ3n) is 4.02. The Bertz CT molecular complexity index is 689. The van der Waals surface area contributed by atoms with Gasteiger partial charge in [0.2, 0.25) is 0 Å². The highest BCUT2D eigenvalue weighted by Gasteiger charge is 2.15. The third kappa shape index (κ3) is 2.96. The molecule has 21 heavy (non-hydrogen) atoms. The summed E-state index contributed by atoms with van der Waals surface area (Å²) in [5.41, 5.74) is 1.52. The average molecular weight is 310 g/mol. The zero-order chi connectivity index (χ0) is 14.8. The van der Waals surface area contributed by atoms with Crippen molar-refractivity contribution in [2.45, 2.75) is 38.3 Å². The Morgan fingerprint density at radius 3 is 2.86 bits per heavy atom. The van der Waals surface area contributed by atoms with Crippen molar-refractivity contribution >= 4 is 23.3 Å². The van der Waals surface area contributed by atoms with E-state index in [1.807, 2.05) is 4.57 Å². The number of hydrogen-bond acceptors (Lipinski definition) is 3. The number of hydrogen-bond donors (Lipinski definition) is 1. The molecule has 3 rings (SSSR count). The van der Waals surface area contributed by atoms with Crippen LogP contribution in [0.15, 0.2) is 12.1 Å². The number of benzene rings is 1. The Balaban J connectivity index is 1.80. The molecule has 1 aromatic carbocycles. The smallest absolute Gasteiger partial charge is 0.178 e. The van der Waals surface area contributed by atoms with Gasteiger partial charge < -0.3 is 19.0 Å². The van der Waals surface area contributed by atoms with Crippen LogP contribution in [0.4, 0.5) is 4.39 Å². The summed E-state index contributed by atoms with van der Waals surface area (Å²) in [5.74, 6) is -0.169. The monoisotopic (exact) mass is 310 g/mol. The molecule has 0 radical (unpaired) electrons. The topological polar surface area (TPSA) is 39.2 Å². The van der Waals surface area contributed by atoms with Crippen LogP contribution in [0.2, 0.25) is 0 Å². The van der Waals surface area contributed by atoms with Crippen LogP contribution in [-0.4, -0.2) is 29.4 Å². The van der Waals surface area contributed by atoms with E-state index in [1.165, 1.54) is 26.0 Å². The van der Waals surface area contributed by atoms with E-state index in [-0.39, 0.29) is 5.75 Å². The molecule has 0 unspecified atom stereocenters. The van der Waals surface area contributed by atoms with Crippen molar-refractivity contribution in [2.24, 2.45) is 0 Å². The minimum Gasteiger partial charge on any atom is -0.494 e. The Kier molecular flexibility index (Phi) is 4.26. The minimum atomic E-state index is -0.393. The summed E-state index contributed by atoms with van der Waals surface area (Å²) in [6.07, 6.45) is 5.20. The zero-order valence-corrected chi connectivity index (χ0v) is 12.8. The number of nitrogens with one attached hydrogen (secondary N) is 1. The van der Waals surface area contributed by atoms with Crippen molar-refractivity contribution in [3.63, 3.8) is 0 Å². The summed E-state index contributed by atoms with van der Waals surface area (Å²) in [4.78, 5) is 3.02. The summed E-state index contributed by atoms with van der Waals surface area (Å²) < 4.78 is 27.1. The first kappa shape index (κ1) is 14.5. The fraction of sp³-hybridized carbons (Fsp3) is 0.533. The summed E-state index contributed by atoms with van der Waals surface area (Å²) in [6.45, 7) is 1.27. The van der Waals surface area contributed by atoms with E-state index in [1.54, 1.807) is 6.07 Å². The Morgan fingerprint density at radius 2 is 2.14 bits per heavy atom. The molecule has 0 amide bonds. The molecule has 6 heteroatoms. The lowest BCUT2D eigenvalue weighted by Crippen LogP contribution is -2.13. The van der Waals surface area contributed by atoms with E-state index < -0.39 is 5.82 Å². The number of imidazole rings is 1. The van der Waals surface area contributed by atoms with Gasteiger partial charge in [0.15, 0.2) is 16.3 Å². The van der Waals surface area contributed by atoms with Gasteiger partial charge in [-0.3, -0.25) is 0 Å². The van der Waals surface area contributed by atoms with E-state index >= 15 is 0 Å². The molecule has 1 aliphatic rings. The van der Waals surface area contributed by atoms with Crippen molar-refractivity contribution in [3.05, 3.63) is 22.7 Å². The number of aromatic amines is 1. The van der Waals surface area contributed by atoms with Crippen LogP contribution in [0.1, 0.15) is 25.7 Å². The second-order valence-corrected chi connectivity index (χ2v) is 5.75. The molecular weight excluding hydrogens is 291 g/mol. The Hall–Kier alpha value is -1.40. The predicted octanol–water partition coefficient (Wildman–Crippen LogP) is 3.81. The SMILES string of the molecule is COc1cc2c(cc1F)[nH]c(=S)n2CCOC1CCCC1. The van der Waals surface area contributed by atoms with Crippen molar-refractivity contribution in [1.29, 1.82) is 0 Å². The zero-order valence-electron chi connectivity index (χ0n) is 12.0. The lowest BCUT2D eigenvalue weighted by molar-refractivity contribution is 0.0533. The molecule has 114 valence electrons. The molecule has 1 fully saturated rings. The highest BCUT2D eigenvalue weighted by atomic mass is 32.1. The molecule has 0 aliphatic heterocycles. The van der Waals surface area contributed by atoms with Gasteiger partial charge in [-0.2, -0.15) is 0 Å². The van der Waals surface area contributed by atoms with E-state index in [9.17, 15) is 4.39 Å². The first-order chi connectivity index (χ1) is 10.2. The largest absolute Gasteiger partial charge is 0.494 e. The normalized spacial score (nSPS) is 15.9. The fourth-order valence-corrected chi connectivity index (χ4v) is 3.20. The maximum absolute atomic E-state index is 13.7. The molecule has 1 saturated carbocycles. The first-order valence-electron chi connectivity index (χ1n) is 7.26. The van der Waals surface area contributed by atoms with Gasteiger partial charge in [0, 0.05) is 18.7 Å². The van der Waals surface area contributed by atoms with Gasteiger partial charge in [0.05, 0.1) is 30.9 Å². The van der Waals surface area contributed by atoms with Gasteiger partial charge in [0.25, 0.3) is 0 Å². The molecule has 0 atom stereocenters. The van der Waals surface area contributed by atoms with Crippen LogP contribution in [0, 0.1) is 10.6 Å². The van der Waals surface area contributed by atoms with Crippen molar-refractivity contribution in [3.8, 4) is 5.75 Å². The number of methoxy groups -OCH3 is 1. The van der Waals surface area contributed by atoms with Crippen LogP contribution in [0.3, 0.4) is 0 Å². The molecule has 1 heterocycles. The molecule has 0 saturated heterocycles. The molecule has 1 aromatic heterocycles. The van der Waals surface area contributed by atoms with Gasteiger partial charge in [0.1, 0.15) is 0 Å². The predicted molar refractivity (Wildman–Crippen MR) is 81.8 cm³/mol. The highest BCUT2D eigenvalue weighted by Crippen LogP contribution is 2.25. The lowest BCUT2D eigenvalue weighted by Gasteiger charge is -2.12. The Morgan fingerprint density at radius 1 is 1.38 bits per heavy atom. The number of halogens is 1. The molecule has 1 N–H and O–H groups in total. The number of ether oxygens (including phenoxy) is 2. The highest BCUT2D eigenvalue weighted by molar-refractivity contribution is 7.71. The second-order valence-electron chi connectivity index (χ2n) is 5.36. The van der Waals surface area contributed by atoms with Crippen molar-refractivity contribution in [1.82, 2.24) is 9.55 Å². The molecule has 0 spiro atoms. The molecular formula is C15H19FN2O2S. The van der Waals surface area contributed by atoms with Crippen molar-refractivity contribution < 1.29 is 13.9 Å². The van der Waals surface area contributed by atoms with E-state index in [0.29, 0.717) is 29.5 Å². The molecule has 0 bridgehead atoms. The molecule has 1 aliphatic carbocycles. The minimum absolute atomic E-state index is 0.224. The number of aromatic nitrogens is 2. The van der Waals surface area contributed by atoms with Crippen LogP contribution in [0.5, 0.6) is 5.75 Å². The number of H-pyrrole nitrogens is 1. The molecule has 4 nitrogen and oxygen atoms in total. The maximum atomic E-state index is 13.7. The van der Waals surface area contributed by atoms with E-state index in [4.69, 9.17) is 21.7 Å². The average Bonchev–Trinajstić information content (AvgIpc) is 3.07. The lowest BCUT2D eigenvalue weighted by atomic mass is 10.3. The van der Waals surface area contributed by atoms with E-state index in [2.05, 4.69) is 4.98 Å². The number of nitrogens with zero attached hydrogens (tertiary/aromatic N) is 1.